The molecule has 146 valence electrons. The highest BCUT2D eigenvalue weighted by Crippen LogP contribution is 2.27. The number of nitrogens with zero attached hydrogens (tertiary/aromatic N) is 1. The monoisotopic (exact) mass is 407 g/mol. The third-order valence-corrected chi connectivity index (χ3v) is 5.37. The Hall–Kier alpha value is -3.45. The molecule has 0 aliphatic rings. The van der Waals surface area contributed by atoms with E-state index in [-0.39, 0.29) is 11.5 Å². The minimum Gasteiger partial charge on any atom is -0.497 e. The first kappa shape index (κ1) is 18.9. The molecule has 0 amide bonds. The molecule has 0 unspecified atom stereocenters. The number of carbonyl (C=O) groups is 2. The van der Waals surface area contributed by atoms with Crippen molar-refractivity contribution < 1.29 is 23.5 Å². The maximum Gasteiger partial charge on any atom is 0.358 e. The highest BCUT2D eigenvalue weighted by Gasteiger charge is 2.20. The van der Waals surface area contributed by atoms with Crippen LogP contribution in [0.3, 0.4) is 0 Å². The fourth-order valence-electron chi connectivity index (χ4n) is 2.94. The molecule has 0 N–H and O–H groups in total. The van der Waals surface area contributed by atoms with E-state index in [0.717, 1.165) is 22.3 Å². The number of hydrogen-bond donors (Lipinski definition) is 0. The number of aromatic nitrogens is 1. The van der Waals surface area contributed by atoms with Crippen LogP contribution in [0.5, 0.6) is 5.75 Å². The van der Waals surface area contributed by atoms with Crippen molar-refractivity contribution in [3.8, 4) is 16.3 Å². The standard InChI is InChI=1S/C22H17NO5S/c1-13-16-5-3-4-6-19(16)28-20(13)18(24)11-27-22(25)17-12-29-21(23-17)14-7-9-15(26-2)10-8-14/h3-10,12H,11H2,1-2H3. The van der Waals surface area contributed by atoms with E-state index in [1.807, 2.05) is 49.4 Å². The molecule has 0 atom stereocenters. The van der Waals surface area contributed by atoms with E-state index < -0.39 is 18.4 Å². The Morgan fingerprint density at radius 3 is 2.59 bits per heavy atom. The van der Waals surface area contributed by atoms with Gasteiger partial charge in [0.2, 0.25) is 5.78 Å². The Labute approximate surface area is 170 Å². The topological polar surface area (TPSA) is 78.6 Å². The van der Waals surface area contributed by atoms with Gasteiger partial charge in [-0.1, -0.05) is 18.2 Å². The van der Waals surface area contributed by atoms with Crippen molar-refractivity contribution in [3.63, 3.8) is 0 Å². The maximum absolute atomic E-state index is 12.5. The summed E-state index contributed by atoms with van der Waals surface area (Å²) in [5.74, 6) is -0.0960. The highest BCUT2D eigenvalue weighted by atomic mass is 32.1. The summed E-state index contributed by atoms with van der Waals surface area (Å²) in [6.45, 7) is 1.40. The molecule has 2 aromatic heterocycles. The van der Waals surface area contributed by atoms with Crippen LogP contribution in [0.1, 0.15) is 26.6 Å². The maximum atomic E-state index is 12.5. The molecular weight excluding hydrogens is 390 g/mol. The quantitative estimate of drug-likeness (QED) is 0.334. The molecule has 0 radical (unpaired) electrons. The molecular formula is C22H17NO5S. The fourth-order valence-corrected chi connectivity index (χ4v) is 3.74. The molecule has 6 nitrogen and oxygen atoms in total. The lowest BCUT2D eigenvalue weighted by atomic mass is 10.1. The Morgan fingerprint density at radius 2 is 1.86 bits per heavy atom. The predicted molar refractivity (Wildman–Crippen MR) is 110 cm³/mol. The SMILES string of the molecule is COc1ccc(-c2nc(C(=O)OCC(=O)c3oc4ccccc4c3C)cs2)cc1. The Bertz CT molecular complexity index is 1190. The average Bonchev–Trinajstić information content (AvgIpc) is 3.38. The largest absolute Gasteiger partial charge is 0.497 e. The van der Waals surface area contributed by atoms with Crippen LogP contribution in [0.4, 0.5) is 0 Å². The molecule has 7 heteroatoms. The van der Waals surface area contributed by atoms with Crippen LogP contribution in [0.25, 0.3) is 21.5 Å². The van der Waals surface area contributed by atoms with Gasteiger partial charge in [-0.05, 0) is 37.3 Å². The van der Waals surface area contributed by atoms with Gasteiger partial charge in [-0.25, -0.2) is 9.78 Å². The molecule has 0 aliphatic carbocycles. The summed E-state index contributed by atoms with van der Waals surface area (Å²) in [4.78, 5) is 29.1. The number of methoxy groups -OCH3 is 1. The molecule has 2 aromatic carbocycles. The van der Waals surface area contributed by atoms with Crippen LogP contribution in [0.15, 0.2) is 58.3 Å². The lowest BCUT2D eigenvalue weighted by molar-refractivity contribution is 0.0463. The van der Waals surface area contributed by atoms with Gasteiger partial charge in [0.15, 0.2) is 18.1 Å². The van der Waals surface area contributed by atoms with E-state index in [1.165, 1.54) is 11.3 Å². The highest BCUT2D eigenvalue weighted by molar-refractivity contribution is 7.13. The first-order valence-corrected chi connectivity index (χ1v) is 9.73. The summed E-state index contributed by atoms with van der Waals surface area (Å²) in [5, 5.41) is 3.16. The minimum atomic E-state index is -0.650. The van der Waals surface area contributed by atoms with Gasteiger partial charge >= 0.3 is 5.97 Å². The summed E-state index contributed by atoms with van der Waals surface area (Å²) in [5.41, 5.74) is 2.39. The zero-order valence-corrected chi connectivity index (χ0v) is 16.6. The van der Waals surface area contributed by atoms with E-state index in [9.17, 15) is 9.59 Å². The number of benzene rings is 2. The van der Waals surface area contributed by atoms with Gasteiger partial charge in [0.25, 0.3) is 0 Å². The summed E-state index contributed by atoms with van der Waals surface area (Å²) in [6, 6.07) is 14.8. The van der Waals surface area contributed by atoms with Crippen molar-refractivity contribution in [2.24, 2.45) is 0 Å². The normalized spacial score (nSPS) is 10.8. The number of thiazole rings is 1. The van der Waals surface area contributed by atoms with E-state index in [2.05, 4.69) is 4.98 Å². The van der Waals surface area contributed by atoms with Crippen LogP contribution in [0.2, 0.25) is 0 Å². The summed E-state index contributed by atoms with van der Waals surface area (Å²) < 4.78 is 15.9. The molecule has 4 rings (SSSR count). The van der Waals surface area contributed by atoms with Crippen molar-refractivity contribution in [1.82, 2.24) is 4.98 Å². The molecule has 0 fully saturated rings. The van der Waals surface area contributed by atoms with Crippen LogP contribution in [-0.2, 0) is 4.74 Å². The van der Waals surface area contributed by atoms with Gasteiger partial charge in [0.1, 0.15) is 16.3 Å². The van der Waals surface area contributed by atoms with Gasteiger partial charge < -0.3 is 13.9 Å². The van der Waals surface area contributed by atoms with Crippen LogP contribution in [0, 0.1) is 6.92 Å². The van der Waals surface area contributed by atoms with E-state index in [0.29, 0.717) is 10.6 Å². The van der Waals surface area contributed by atoms with E-state index >= 15 is 0 Å². The molecule has 0 saturated heterocycles. The molecule has 0 spiro atoms. The summed E-state index contributed by atoms with van der Waals surface area (Å²) >= 11 is 1.32. The number of Topliss-reactive ketones (excluding diaryl/α,β-unsaturated/α-hetero) is 1. The molecule has 2 heterocycles. The number of ketones is 1. The number of furan rings is 1. The van der Waals surface area contributed by atoms with Crippen LogP contribution >= 0.6 is 11.3 Å². The van der Waals surface area contributed by atoms with Crippen molar-refractivity contribution in [3.05, 3.63) is 70.9 Å². The molecule has 29 heavy (non-hydrogen) atoms. The molecule has 0 aliphatic heterocycles. The lowest BCUT2D eigenvalue weighted by Gasteiger charge is -2.02. The van der Waals surface area contributed by atoms with E-state index in [1.54, 1.807) is 18.6 Å². The van der Waals surface area contributed by atoms with Crippen molar-refractivity contribution >= 4 is 34.1 Å². The molecule has 0 bridgehead atoms. The zero-order valence-electron chi connectivity index (χ0n) is 15.8. The number of fused-ring (bicyclic) bond motifs is 1. The number of rotatable bonds is 6. The lowest BCUT2D eigenvalue weighted by Crippen LogP contribution is -2.14. The van der Waals surface area contributed by atoms with Crippen molar-refractivity contribution in [2.75, 3.05) is 13.7 Å². The van der Waals surface area contributed by atoms with Crippen molar-refractivity contribution in [1.29, 1.82) is 0 Å². The van der Waals surface area contributed by atoms with Crippen LogP contribution < -0.4 is 4.74 Å². The number of aryl methyl sites for hydroxylation is 1. The van der Waals surface area contributed by atoms with Crippen molar-refractivity contribution in [2.45, 2.75) is 6.92 Å². The number of carbonyl (C=O) groups excluding carboxylic acids is 2. The second-order valence-corrected chi connectivity index (χ2v) is 7.18. The number of para-hydroxylation sites is 1. The van der Waals surface area contributed by atoms with Gasteiger partial charge in [0.05, 0.1) is 7.11 Å². The average molecular weight is 407 g/mol. The second kappa shape index (κ2) is 7.89. The second-order valence-electron chi connectivity index (χ2n) is 6.32. The zero-order chi connectivity index (χ0) is 20.4. The number of ether oxygens (including phenoxy) is 2. The third-order valence-electron chi connectivity index (χ3n) is 4.48. The Balaban J connectivity index is 1.43. The minimum absolute atomic E-state index is 0.162. The van der Waals surface area contributed by atoms with Gasteiger partial charge in [-0.2, -0.15) is 0 Å². The fraction of sp³-hybridized carbons (Fsp3) is 0.136. The van der Waals surface area contributed by atoms with E-state index in [4.69, 9.17) is 13.9 Å². The van der Waals surface area contributed by atoms with Gasteiger partial charge in [0, 0.05) is 21.9 Å². The number of hydrogen-bond acceptors (Lipinski definition) is 7. The molecule has 0 saturated carbocycles. The van der Waals surface area contributed by atoms with Crippen LogP contribution in [-0.4, -0.2) is 30.5 Å². The first-order valence-electron chi connectivity index (χ1n) is 8.85. The summed E-state index contributed by atoms with van der Waals surface area (Å²) in [6.07, 6.45) is 0. The number of esters is 1. The Morgan fingerprint density at radius 1 is 1.10 bits per heavy atom. The van der Waals surface area contributed by atoms with Gasteiger partial charge in [-0.3, -0.25) is 4.79 Å². The molecule has 4 aromatic rings. The predicted octanol–water partition coefficient (Wildman–Crippen LogP) is 4.91. The third kappa shape index (κ3) is 3.77. The van der Waals surface area contributed by atoms with Gasteiger partial charge in [-0.15, -0.1) is 11.3 Å². The smallest absolute Gasteiger partial charge is 0.358 e. The Kier molecular flexibility index (Phi) is 5.14. The first-order chi connectivity index (χ1) is 14.1. The summed E-state index contributed by atoms with van der Waals surface area (Å²) in [7, 11) is 1.60.